The third-order valence-electron chi connectivity index (χ3n) is 2.97. The van der Waals surface area contributed by atoms with E-state index >= 15 is 0 Å². The van der Waals surface area contributed by atoms with Gasteiger partial charge in [0.15, 0.2) is 0 Å². The molecule has 1 N–H and O–H groups in total. The van der Waals surface area contributed by atoms with Crippen LogP contribution in [0, 0.1) is 11.8 Å². The van der Waals surface area contributed by atoms with Crippen LogP contribution in [0.15, 0.2) is 0 Å². The fourth-order valence-corrected chi connectivity index (χ4v) is 2.24. The van der Waals surface area contributed by atoms with Crippen LogP contribution in [0.3, 0.4) is 0 Å². The molecule has 3 aliphatic rings. The van der Waals surface area contributed by atoms with Crippen molar-refractivity contribution in [2.75, 3.05) is 0 Å². The maximum atomic E-state index is 3.47. The molecule has 1 heteroatoms. The van der Waals surface area contributed by atoms with E-state index in [0.29, 0.717) is 0 Å². The number of nitrogens with one attached hydrogen (secondary N) is 1. The fraction of sp³-hybridized carbons (Fsp3) is 1.00. The first-order valence-electron chi connectivity index (χ1n) is 3.23. The predicted molar refractivity (Wildman–Crippen MR) is 26.9 cm³/mol. The molecule has 2 saturated carbocycles. The molecular formula is C6H9N. The molecule has 38 valence electrons. The maximum Gasteiger partial charge on any atom is 0.0258 e. The molecule has 0 spiro atoms. The molecule has 0 aromatic heterocycles. The summed E-state index contributed by atoms with van der Waals surface area (Å²) in [5.74, 6) is 2.29. The highest BCUT2D eigenvalue weighted by Gasteiger charge is 2.64. The van der Waals surface area contributed by atoms with Crippen LogP contribution in [0.1, 0.15) is 12.8 Å². The Hall–Kier alpha value is -0.0400. The van der Waals surface area contributed by atoms with E-state index in [9.17, 15) is 0 Å². The minimum atomic E-state index is 1.01. The van der Waals surface area contributed by atoms with Crippen molar-refractivity contribution in [1.82, 2.24) is 5.32 Å². The quantitative estimate of drug-likeness (QED) is 0.431. The van der Waals surface area contributed by atoms with Crippen molar-refractivity contribution in [3.05, 3.63) is 0 Å². The van der Waals surface area contributed by atoms with Gasteiger partial charge in [0, 0.05) is 12.1 Å². The normalized spacial score (nSPS) is 72.0. The summed E-state index contributed by atoms with van der Waals surface area (Å²) >= 11 is 0. The summed E-state index contributed by atoms with van der Waals surface area (Å²) in [5, 5.41) is 3.47. The van der Waals surface area contributed by atoms with Crippen LogP contribution < -0.4 is 5.32 Å². The first-order chi connectivity index (χ1) is 3.47. The summed E-state index contributed by atoms with van der Waals surface area (Å²) in [6, 6.07) is 2.03. The third-order valence-corrected chi connectivity index (χ3v) is 2.97. The van der Waals surface area contributed by atoms with Crippen LogP contribution in [-0.2, 0) is 0 Å². The number of hydrogen-bond donors (Lipinski definition) is 1. The smallest absolute Gasteiger partial charge is 0.0258 e. The second-order valence-electron chi connectivity index (χ2n) is 3.12. The second kappa shape index (κ2) is 0.655. The van der Waals surface area contributed by atoms with E-state index < -0.39 is 0 Å². The van der Waals surface area contributed by atoms with Crippen molar-refractivity contribution in [1.29, 1.82) is 0 Å². The highest BCUT2D eigenvalue weighted by Crippen LogP contribution is 2.57. The zero-order valence-electron chi connectivity index (χ0n) is 4.22. The lowest BCUT2D eigenvalue weighted by Crippen LogP contribution is -2.44. The largest absolute Gasteiger partial charge is 0.308 e. The van der Waals surface area contributed by atoms with Gasteiger partial charge in [-0.1, -0.05) is 0 Å². The molecule has 0 aromatic carbocycles. The maximum absolute atomic E-state index is 3.47. The molecular weight excluding hydrogens is 86.1 g/mol. The van der Waals surface area contributed by atoms with Crippen molar-refractivity contribution in [3.8, 4) is 0 Å². The summed E-state index contributed by atoms with van der Waals surface area (Å²) in [4.78, 5) is 0. The van der Waals surface area contributed by atoms with Crippen LogP contribution in [0.25, 0.3) is 0 Å². The van der Waals surface area contributed by atoms with Crippen molar-refractivity contribution < 1.29 is 0 Å². The molecule has 3 rings (SSSR count). The van der Waals surface area contributed by atoms with Gasteiger partial charge in [-0.15, -0.1) is 0 Å². The van der Waals surface area contributed by atoms with Gasteiger partial charge < -0.3 is 5.32 Å². The fourth-order valence-electron chi connectivity index (χ4n) is 2.24. The lowest BCUT2D eigenvalue weighted by molar-refractivity contribution is 0.105. The van der Waals surface area contributed by atoms with Gasteiger partial charge >= 0.3 is 0 Å². The van der Waals surface area contributed by atoms with E-state index in [-0.39, 0.29) is 0 Å². The minimum absolute atomic E-state index is 1.01. The van der Waals surface area contributed by atoms with E-state index in [1.54, 1.807) is 0 Å². The SMILES string of the molecule is C1C[C@H]2C3NC3[C@@H]12. The number of hydrogen-bond acceptors (Lipinski definition) is 1. The predicted octanol–water partition coefficient (Wildman–Crippen LogP) is 0.367. The van der Waals surface area contributed by atoms with Crippen molar-refractivity contribution in [2.24, 2.45) is 11.8 Å². The molecule has 2 aliphatic carbocycles. The monoisotopic (exact) mass is 95.1 g/mol. The van der Waals surface area contributed by atoms with E-state index in [1.807, 2.05) is 0 Å². The zero-order valence-corrected chi connectivity index (χ0v) is 4.22. The van der Waals surface area contributed by atoms with Gasteiger partial charge in [0.2, 0.25) is 0 Å². The average Bonchev–Trinajstić information content (AvgIpc) is 2.14. The Morgan fingerprint density at radius 3 is 1.86 bits per heavy atom. The molecule has 1 nitrogen and oxygen atoms in total. The van der Waals surface area contributed by atoms with Gasteiger partial charge in [0.25, 0.3) is 0 Å². The van der Waals surface area contributed by atoms with Gasteiger partial charge in [-0.25, -0.2) is 0 Å². The van der Waals surface area contributed by atoms with Gasteiger partial charge in [-0.2, -0.15) is 0 Å². The molecule has 1 saturated heterocycles. The van der Waals surface area contributed by atoms with Crippen LogP contribution in [0.2, 0.25) is 0 Å². The summed E-state index contributed by atoms with van der Waals surface area (Å²) in [6.07, 6.45) is 3.05. The Balaban J connectivity index is 1.98. The van der Waals surface area contributed by atoms with Crippen LogP contribution in [-0.4, -0.2) is 12.1 Å². The van der Waals surface area contributed by atoms with E-state index in [4.69, 9.17) is 0 Å². The lowest BCUT2D eigenvalue weighted by atomic mass is 9.60. The Kier molecular flexibility index (Phi) is 0.288. The van der Waals surface area contributed by atoms with Crippen LogP contribution >= 0.6 is 0 Å². The average molecular weight is 95.1 g/mol. The highest BCUT2D eigenvalue weighted by molar-refractivity contribution is 5.22. The first-order valence-corrected chi connectivity index (χ1v) is 3.23. The topological polar surface area (TPSA) is 21.9 Å². The van der Waals surface area contributed by atoms with Crippen molar-refractivity contribution in [2.45, 2.75) is 24.9 Å². The van der Waals surface area contributed by atoms with Gasteiger partial charge in [0.1, 0.15) is 0 Å². The third kappa shape index (κ3) is 0.177. The molecule has 0 radical (unpaired) electrons. The molecule has 3 fully saturated rings. The van der Waals surface area contributed by atoms with Crippen molar-refractivity contribution in [3.63, 3.8) is 0 Å². The Bertz CT molecular complexity index is 107. The van der Waals surface area contributed by atoms with E-state index in [1.165, 1.54) is 12.8 Å². The molecule has 0 amide bonds. The van der Waals surface area contributed by atoms with Crippen LogP contribution in [0.5, 0.6) is 0 Å². The second-order valence-corrected chi connectivity index (χ2v) is 3.12. The summed E-state index contributed by atoms with van der Waals surface area (Å²) < 4.78 is 0. The molecule has 0 bridgehead atoms. The molecule has 0 aromatic rings. The molecule has 1 heterocycles. The lowest BCUT2D eigenvalue weighted by Gasteiger charge is -2.43. The summed E-state index contributed by atoms with van der Waals surface area (Å²) in [7, 11) is 0. The number of fused-ring (bicyclic) bond motifs is 4. The van der Waals surface area contributed by atoms with Gasteiger partial charge in [-0.05, 0) is 24.7 Å². The van der Waals surface area contributed by atoms with E-state index in [2.05, 4.69) is 5.32 Å². The minimum Gasteiger partial charge on any atom is -0.308 e. The Morgan fingerprint density at radius 1 is 1.00 bits per heavy atom. The molecule has 2 unspecified atom stereocenters. The first kappa shape index (κ1) is 3.08. The standard InChI is InChI=1S/C6H9N/c1-2-4-3(1)5-6(4)7-5/h3-7H,1-2H2/t3-,4+,5?,6?. The zero-order chi connectivity index (χ0) is 4.43. The Morgan fingerprint density at radius 2 is 1.57 bits per heavy atom. The summed E-state index contributed by atoms with van der Waals surface area (Å²) in [6.45, 7) is 0. The highest BCUT2D eigenvalue weighted by atomic mass is 15.2. The van der Waals surface area contributed by atoms with Crippen molar-refractivity contribution >= 4 is 0 Å². The number of rotatable bonds is 0. The van der Waals surface area contributed by atoms with Gasteiger partial charge in [-0.3, -0.25) is 0 Å². The van der Waals surface area contributed by atoms with E-state index in [0.717, 1.165) is 23.9 Å². The molecule has 4 atom stereocenters. The molecule has 7 heavy (non-hydrogen) atoms. The Labute approximate surface area is 43.1 Å². The summed E-state index contributed by atoms with van der Waals surface area (Å²) in [5.41, 5.74) is 0. The molecule has 1 aliphatic heterocycles. The van der Waals surface area contributed by atoms with Crippen LogP contribution in [0.4, 0.5) is 0 Å². The van der Waals surface area contributed by atoms with Gasteiger partial charge in [0.05, 0.1) is 0 Å².